The molecule has 0 aromatic carbocycles. The predicted molar refractivity (Wildman–Crippen MR) is 145 cm³/mol. The summed E-state index contributed by atoms with van der Waals surface area (Å²) in [5.74, 6) is -0.921. The van der Waals surface area contributed by atoms with Gasteiger partial charge in [0, 0.05) is 18.8 Å². The molecule has 0 spiro atoms. The van der Waals surface area contributed by atoms with Crippen molar-refractivity contribution in [2.45, 2.75) is 123 Å². The molecule has 0 amide bonds. The summed E-state index contributed by atoms with van der Waals surface area (Å²) in [6.45, 7) is 12.7. The van der Waals surface area contributed by atoms with Gasteiger partial charge in [-0.15, -0.1) is 0 Å². The molecule has 0 saturated carbocycles. The number of carbonyl (C=O) groups excluding carboxylic acids is 2. The Morgan fingerprint density at radius 1 is 1.29 bits per heavy atom. The van der Waals surface area contributed by atoms with Gasteiger partial charge < -0.3 is 29.5 Å². The van der Waals surface area contributed by atoms with Crippen LogP contribution in [-0.4, -0.2) is 69.5 Å². The van der Waals surface area contributed by atoms with Crippen LogP contribution in [0.25, 0.3) is 0 Å². The van der Waals surface area contributed by atoms with Crippen molar-refractivity contribution in [2.24, 2.45) is 17.8 Å². The van der Waals surface area contributed by atoms with Gasteiger partial charge in [-0.3, -0.25) is 9.59 Å². The van der Waals surface area contributed by atoms with Crippen LogP contribution < -0.4 is 0 Å². The molecule has 8 nitrogen and oxygen atoms in total. The maximum atomic E-state index is 12.6. The minimum Gasteiger partial charge on any atom is -0.457 e. The van der Waals surface area contributed by atoms with Crippen molar-refractivity contribution >= 4 is 11.9 Å². The third-order valence-corrected chi connectivity index (χ3v) is 7.63. The largest absolute Gasteiger partial charge is 0.457 e. The topological polar surface area (TPSA) is 126 Å². The molecule has 2 rings (SSSR count). The van der Waals surface area contributed by atoms with Crippen LogP contribution in [0.15, 0.2) is 36.0 Å². The van der Waals surface area contributed by atoms with E-state index in [9.17, 15) is 24.9 Å². The average molecular weight is 537 g/mol. The molecular formula is C30H48O8. The molecule has 0 aromatic heterocycles. The summed E-state index contributed by atoms with van der Waals surface area (Å²) in [7, 11) is 0. The minimum atomic E-state index is -1.40. The van der Waals surface area contributed by atoms with E-state index in [-0.39, 0.29) is 55.3 Å². The number of carbonyl (C=O) groups is 2. The van der Waals surface area contributed by atoms with E-state index in [1.54, 1.807) is 19.1 Å². The van der Waals surface area contributed by atoms with Gasteiger partial charge >= 0.3 is 11.9 Å². The number of rotatable bonds is 9. The number of epoxide rings is 1. The lowest BCUT2D eigenvalue weighted by atomic mass is 9.88. The van der Waals surface area contributed by atoms with Crippen molar-refractivity contribution in [1.82, 2.24) is 0 Å². The molecule has 1 fully saturated rings. The Morgan fingerprint density at radius 2 is 1.97 bits per heavy atom. The zero-order valence-electron chi connectivity index (χ0n) is 24.0. The minimum absolute atomic E-state index is 0.105. The van der Waals surface area contributed by atoms with Crippen LogP contribution in [0, 0.1) is 17.8 Å². The molecule has 216 valence electrons. The number of cyclic esters (lactones) is 1. The van der Waals surface area contributed by atoms with Crippen LogP contribution in [0.3, 0.4) is 0 Å². The SMILES string of the molecule is CC[C@H](O)[C@@H](C)[C@H]1O[C@@H]1C[C@H](C)/C=C/C=C(\C)[C@H]1OC(=O)C[C@H](O)CC[C@@](C)(O)[C@@H](OC(C)=O)/C=C\[C@@H]1C. The standard InChI is InChI=1S/C30H48O8/c1-8-24(33)21(5)29-25(37-29)16-18(2)10-9-11-19(3)28-20(4)12-13-26(36-22(6)31)30(7,35)15-14-23(32)17-27(34)38-28/h9-13,18,20-21,23-26,28-29,32-33,35H,8,14-17H2,1-7H3/b10-9+,13-12-,19-11+/t18-,20+,21-,23-,24+,25-,26+,28-,29-,30-/m1/s1. The molecular weight excluding hydrogens is 488 g/mol. The highest BCUT2D eigenvalue weighted by molar-refractivity contribution is 5.70. The van der Waals surface area contributed by atoms with Crippen LogP contribution >= 0.6 is 0 Å². The highest BCUT2D eigenvalue weighted by atomic mass is 16.6. The van der Waals surface area contributed by atoms with Gasteiger partial charge in [-0.1, -0.05) is 52.0 Å². The number of aliphatic hydroxyl groups is 3. The molecule has 0 bridgehead atoms. The second-order valence-electron chi connectivity index (χ2n) is 11.4. The average Bonchev–Trinajstić information content (AvgIpc) is 3.60. The zero-order chi connectivity index (χ0) is 28.6. The highest BCUT2D eigenvalue weighted by Gasteiger charge is 2.45. The summed E-state index contributed by atoms with van der Waals surface area (Å²) in [4.78, 5) is 24.2. The molecule has 8 heteroatoms. The first-order valence-corrected chi connectivity index (χ1v) is 13.9. The smallest absolute Gasteiger partial charge is 0.309 e. The fraction of sp³-hybridized carbons (Fsp3) is 0.733. The van der Waals surface area contributed by atoms with E-state index in [1.807, 2.05) is 39.8 Å². The Kier molecular flexibility index (Phi) is 12.2. The normalized spacial score (nSPS) is 36.4. The number of esters is 2. The number of ether oxygens (including phenoxy) is 3. The van der Waals surface area contributed by atoms with E-state index < -0.39 is 35.9 Å². The number of hydrogen-bond acceptors (Lipinski definition) is 8. The lowest BCUT2D eigenvalue weighted by Gasteiger charge is -2.32. The quantitative estimate of drug-likeness (QED) is 0.175. The van der Waals surface area contributed by atoms with Gasteiger partial charge in [0.2, 0.25) is 0 Å². The van der Waals surface area contributed by atoms with Gasteiger partial charge in [0.1, 0.15) is 17.8 Å². The van der Waals surface area contributed by atoms with Gasteiger partial charge in [-0.25, -0.2) is 0 Å². The van der Waals surface area contributed by atoms with Crippen molar-refractivity contribution < 1.29 is 39.1 Å². The van der Waals surface area contributed by atoms with Crippen molar-refractivity contribution in [3.63, 3.8) is 0 Å². The van der Waals surface area contributed by atoms with Crippen molar-refractivity contribution in [2.75, 3.05) is 0 Å². The van der Waals surface area contributed by atoms with E-state index in [0.717, 1.165) is 18.4 Å². The first-order chi connectivity index (χ1) is 17.7. The number of hydrogen-bond donors (Lipinski definition) is 3. The van der Waals surface area contributed by atoms with Crippen molar-refractivity contribution in [3.05, 3.63) is 36.0 Å². The van der Waals surface area contributed by atoms with Crippen LogP contribution in [0.2, 0.25) is 0 Å². The van der Waals surface area contributed by atoms with Crippen LogP contribution in [0.4, 0.5) is 0 Å². The van der Waals surface area contributed by atoms with Gasteiger partial charge in [-0.05, 0) is 57.1 Å². The van der Waals surface area contributed by atoms with E-state index in [4.69, 9.17) is 14.2 Å². The lowest BCUT2D eigenvalue weighted by molar-refractivity contribution is -0.157. The first-order valence-electron chi connectivity index (χ1n) is 13.9. The second kappa shape index (κ2) is 14.4. The summed E-state index contributed by atoms with van der Waals surface area (Å²) in [5, 5.41) is 31.3. The van der Waals surface area contributed by atoms with E-state index >= 15 is 0 Å². The zero-order valence-corrected chi connectivity index (χ0v) is 24.0. The van der Waals surface area contributed by atoms with E-state index in [0.29, 0.717) is 0 Å². The fourth-order valence-corrected chi connectivity index (χ4v) is 4.97. The summed E-state index contributed by atoms with van der Waals surface area (Å²) >= 11 is 0. The molecule has 38 heavy (non-hydrogen) atoms. The summed E-state index contributed by atoms with van der Waals surface area (Å²) in [5.41, 5.74) is -0.580. The van der Waals surface area contributed by atoms with Crippen molar-refractivity contribution in [3.8, 4) is 0 Å². The van der Waals surface area contributed by atoms with Gasteiger partial charge in [0.05, 0.1) is 30.8 Å². The Labute approximate surface area is 227 Å². The molecule has 1 saturated heterocycles. The molecule has 0 aromatic rings. The van der Waals surface area contributed by atoms with Gasteiger partial charge in [0.25, 0.3) is 0 Å². The highest BCUT2D eigenvalue weighted by Crippen LogP contribution is 2.36. The maximum Gasteiger partial charge on any atom is 0.309 e. The molecule has 10 atom stereocenters. The molecule has 0 unspecified atom stereocenters. The third kappa shape index (κ3) is 9.95. The summed E-state index contributed by atoms with van der Waals surface area (Å²) in [6.07, 6.45) is 8.50. The fourth-order valence-electron chi connectivity index (χ4n) is 4.97. The Hall–Kier alpha value is -2.00. The monoisotopic (exact) mass is 536 g/mol. The maximum absolute atomic E-state index is 12.6. The second-order valence-corrected chi connectivity index (χ2v) is 11.4. The Bertz CT molecular complexity index is 875. The molecule has 2 heterocycles. The first kappa shape index (κ1) is 32.2. The lowest BCUT2D eigenvalue weighted by Crippen LogP contribution is -2.42. The van der Waals surface area contributed by atoms with Crippen molar-refractivity contribution in [1.29, 1.82) is 0 Å². The summed E-state index contributed by atoms with van der Waals surface area (Å²) in [6, 6.07) is 0. The van der Waals surface area contributed by atoms with E-state index in [2.05, 4.69) is 13.0 Å². The molecule has 3 N–H and O–H groups in total. The predicted octanol–water partition coefficient (Wildman–Crippen LogP) is 4.02. The van der Waals surface area contributed by atoms with Crippen LogP contribution in [-0.2, 0) is 23.8 Å². The van der Waals surface area contributed by atoms with Gasteiger partial charge in [0.15, 0.2) is 0 Å². The van der Waals surface area contributed by atoms with Crippen LogP contribution in [0.1, 0.15) is 80.6 Å². The molecule has 2 aliphatic rings. The number of allylic oxidation sites excluding steroid dienone is 3. The molecule has 0 radical (unpaired) electrons. The Morgan fingerprint density at radius 3 is 2.61 bits per heavy atom. The molecule has 0 aliphatic carbocycles. The molecule has 2 aliphatic heterocycles. The van der Waals surface area contributed by atoms with Crippen LogP contribution in [0.5, 0.6) is 0 Å². The Balaban J connectivity index is 2.12. The third-order valence-electron chi connectivity index (χ3n) is 7.63. The van der Waals surface area contributed by atoms with E-state index in [1.165, 1.54) is 6.92 Å². The van der Waals surface area contributed by atoms with Gasteiger partial charge in [-0.2, -0.15) is 0 Å². The summed E-state index contributed by atoms with van der Waals surface area (Å²) < 4.78 is 16.9. The number of aliphatic hydroxyl groups excluding tert-OH is 2.